The van der Waals surface area contributed by atoms with Crippen LogP contribution in [0.1, 0.15) is 5.56 Å². The monoisotopic (exact) mass is 342 g/mol. The van der Waals surface area contributed by atoms with E-state index in [0.717, 1.165) is 27.0 Å². The molecule has 3 aromatic rings. The zero-order chi connectivity index (χ0) is 14.7. The highest BCUT2D eigenvalue weighted by molar-refractivity contribution is 9.10. The Bertz CT molecular complexity index is 718. The number of hydrogen-bond acceptors (Lipinski definition) is 2. The highest BCUT2D eigenvalue weighted by Gasteiger charge is 2.13. The summed E-state index contributed by atoms with van der Waals surface area (Å²) in [6, 6.07) is 18.2. The Balaban J connectivity index is 1.90. The van der Waals surface area contributed by atoms with Crippen molar-refractivity contribution in [3.05, 3.63) is 70.8 Å². The van der Waals surface area contributed by atoms with Gasteiger partial charge >= 0.3 is 0 Å². The van der Waals surface area contributed by atoms with Crippen LogP contribution in [0.5, 0.6) is 5.75 Å². The molecule has 0 saturated carbocycles. The van der Waals surface area contributed by atoms with Gasteiger partial charge in [0, 0.05) is 12.6 Å². The summed E-state index contributed by atoms with van der Waals surface area (Å²) in [5.74, 6) is 0.852. The fourth-order valence-electron chi connectivity index (χ4n) is 2.24. The van der Waals surface area contributed by atoms with Crippen molar-refractivity contribution >= 4 is 15.9 Å². The molecular formula is C17H15BrN2O. The minimum absolute atomic E-state index is 0.549. The molecule has 0 atom stereocenters. The van der Waals surface area contributed by atoms with Crippen molar-refractivity contribution < 1.29 is 4.74 Å². The molecule has 1 aromatic heterocycles. The molecule has 21 heavy (non-hydrogen) atoms. The Hall–Kier alpha value is -2.07. The minimum Gasteiger partial charge on any atom is -0.488 e. The average Bonchev–Trinajstić information content (AvgIpc) is 2.85. The molecule has 0 saturated heterocycles. The molecule has 0 unspecified atom stereocenters. The lowest BCUT2D eigenvalue weighted by Crippen LogP contribution is -1.99. The van der Waals surface area contributed by atoms with Crippen LogP contribution >= 0.6 is 15.9 Å². The van der Waals surface area contributed by atoms with Crippen LogP contribution in [0.3, 0.4) is 0 Å². The molecule has 4 heteroatoms. The van der Waals surface area contributed by atoms with Gasteiger partial charge in [-0.05, 0) is 33.6 Å². The Morgan fingerprint density at radius 3 is 2.48 bits per heavy atom. The first-order valence-corrected chi connectivity index (χ1v) is 7.48. The van der Waals surface area contributed by atoms with E-state index in [1.165, 1.54) is 0 Å². The third kappa shape index (κ3) is 3.00. The van der Waals surface area contributed by atoms with Gasteiger partial charge in [0.15, 0.2) is 0 Å². The van der Waals surface area contributed by atoms with Crippen molar-refractivity contribution in [2.75, 3.05) is 0 Å². The minimum atomic E-state index is 0.549. The second-order valence-electron chi connectivity index (χ2n) is 4.74. The van der Waals surface area contributed by atoms with Gasteiger partial charge < -0.3 is 4.74 Å². The van der Waals surface area contributed by atoms with E-state index in [1.54, 1.807) is 6.20 Å². The molecular weight excluding hydrogens is 328 g/mol. The zero-order valence-corrected chi connectivity index (χ0v) is 13.2. The van der Waals surface area contributed by atoms with Crippen molar-refractivity contribution in [1.29, 1.82) is 0 Å². The summed E-state index contributed by atoms with van der Waals surface area (Å²) in [6.07, 6.45) is 1.79. The van der Waals surface area contributed by atoms with Gasteiger partial charge in [-0.1, -0.05) is 42.5 Å². The van der Waals surface area contributed by atoms with Crippen LogP contribution in [-0.4, -0.2) is 9.78 Å². The van der Waals surface area contributed by atoms with Crippen LogP contribution in [0.2, 0.25) is 0 Å². The van der Waals surface area contributed by atoms with Crippen LogP contribution in [0.4, 0.5) is 0 Å². The highest BCUT2D eigenvalue weighted by Crippen LogP contribution is 2.34. The second-order valence-corrected chi connectivity index (χ2v) is 5.59. The van der Waals surface area contributed by atoms with Crippen molar-refractivity contribution in [2.45, 2.75) is 6.61 Å². The van der Waals surface area contributed by atoms with Crippen LogP contribution in [0.25, 0.3) is 11.3 Å². The third-order valence-corrected chi connectivity index (χ3v) is 3.85. The summed E-state index contributed by atoms with van der Waals surface area (Å²) in [4.78, 5) is 0. The summed E-state index contributed by atoms with van der Waals surface area (Å²) in [6.45, 7) is 0.549. The first kappa shape index (κ1) is 13.9. The van der Waals surface area contributed by atoms with Crippen molar-refractivity contribution in [3.63, 3.8) is 0 Å². The first-order valence-electron chi connectivity index (χ1n) is 6.69. The molecule has 106 valence electrons. The van der Waals surface area contributed by atoms with Crippen LogP contribution in [-0.2, 0) is 13.7 Å². The van der Waals surface area contributed by atoms with E-state index in [4.69, 9.17) is 4.74 Å². The number of ether oxygens (including phenoxy) is 1. The molecule has 1 heterocycles. The number of aromatic nitrogens is 2. The number of benzene rings is 2. The number of hydrogen-bond donors (Lipinski definition) is 0. The largest absolute Gasteiger partial charge is 0.488 e. The predicted octanol–water partition coefficient (Wildman–Crippen LogP) is 4.43. The van der Waals surface area contributed by atoms with Gasteiger partial charge in [-0.3, -0.25) is 4.68 Å². The standard InChI is InChI=1S/C17H15BrN2O/c1-20-17(15(18)11-19-20)14-9-5-6-10-16(14)21-12-13-7-3-2-4-8-13/h2-11H,12H2,1H3. The fourth-order valence-corrected chi connectivity index (χ4v) is 2.80. The van der Waals surface area contributed by atoms with Crippen LogP contribution < -0.4 is 4.74 Å². The molecule has 3 rings (SSSR count). The molecule has 0 amide bonds. The normalized spacial score (nSPS) is 10.6. The summed E-state index contributed by atoms with van der Waals surface area (Å²) < 4.78 is 8.80. The van der Waals surface area contributed by atoms with Gasteiger partial charge in [-0.15, -0.1) is 0 Å². The molecule has 0 aliphatic carbocycles. The molecule has 0 aliphatic rings. The van der Waals surface area contributed by atoms with E-state index in [2.05, 4.69) is 33.2 Å². The van der Waals surface area contributed by atoms with E-state index >= 15 is 0 Å². The molecule has 3 nitrogen and oxygen atoms in total. The SMILES string of the molecule is Cn1ncc(Br)c1-c1ccccc1OCc1ccccc1. The van der Waals surface area contributed by atoms with Gasteiger partial charge in [-0.2, -0.15) is 5.10 Å². The van der Waals surface area contributed by atoms with E-state index in [-0.39, 0.29) is 0 Å². The molecule has 0 bridgehead atoms. The summed E-state index contributed by atoms with van der Waals surface area (Å²) in [5.41, 5.74) is 3.19. The Morgan fingerprint density at radius 1 is 1.05 bits per heavy atom. The molecule has 0 fully saturated rings. The van der Waals surface area contributed by atoms with Crippen LogP contribution in [0, 0.1) is 0 Å². The van der Waals surface area contributed by atoms with E-state index < -0.39 is 0 Å². The maximum absolute atomic E-state index is 6.00. The van der Waals surface area contributed by atoms with Crippen LogP contribution in [0.15, 0.2) is 65.3 Å². The lowest BCUT2D eigenvalue weighted by atomic mass is 10.1. The van der Waals surface area contributed by atoms with Gasteiger partial charge in [0.05, 0.1) is 16.4 Å². The molecule has 0 N–H and O–H groups in total. The topological polar surface area (TPSA) is 27.1 Å². The van der Waals surface area contributed by atoms with Gasteiger partial charge in [0.1, 0.15) is 12.4 Å². The first-order chi connectivity index (χ1) is 10.3. The van der Waals surface area contributed by atoms with E-state index in [9.17, 15) is 0 Å². The number of rotatable bonds is 4. The zero-order valence-electron chi connectivity index (χ0n) is 11.7. The Morgan fingerprint density at radius 2 is 1.76 bits per heavy atom. The number of nitrogens with zero attached hydrogens (tertiary/aromatic N) is 2. The molecule has 0 spiro atoms. The number of para-hydroxylation sites is 1. The van der Waals surface area contributed by atoms with E-state index in [1.807, 2.05) is 54.2 Å². The molecule has 0 radical (unpaired) electrons. The summed E-state index contributed by atoms with van der Waals surface area (Å²) in [7, 11) is 1.92. The van der Waals surface area contributed by atoms with Crippen molar-refractivity contribution in [1.82, 2.24) is 9.78 Å². The predicted molar refractivity (Wildman–Crippen MR) is 87.1 cm³/mol. The highest BCUT2D eigenvalue weighted by atomic mass is 79.9. The number of aryl methyl sites for hydroxylation is 1. The maximum atomic E-state index is 6.00. The lowest BCUT2D eigenvalue weighted by Gasteiger charge is -2.12. The van der Waals surface area contributed by atoms with Crippen molar-refractivity contribution in [2.24, 2.45) is 7.05 Å². The number of halogens is 1. The van der Waals surface area contributed by atoms with E-state index in [0.29, 0.717) is 6.61 Å². The Labute approximate surface area is 132 Å². The quantitative estimate of drug-likeness (QED) is 0.701. The molecule has 2 aromatic carbocycles. The maximum Gasteiger partial charge on any atom is 0.129 e. The van der Waals surface area contributed by atoms with Gasteiger partial charge in [-0.25, -0.2) is 0 Å². The lowest BCUT2D eigenvalue weighted by molar-refractivity contribution is 0.307. The molecule has 0 aliphatic heterocycles. The average molecular weight is 343 g/mol. The third-order valence-electron chi connectivity index (χ3n) is 3.27. The van der Waals surface area contributed by atoms with Crippen molar-refractivity contribution in [3.8, 4) is 17.0 Å². The second kappa shape index (κ2) is 6.14. The van der Waals surface area contributed by atoms with Gasteiger partial charge in [0.2, 0.25) is 0 Å². The van der Waals surface area contributed by atoms with Gasteiger partial charge in [0.25, 0.3) is 0 Å². The summed E-state index contributed by atoms with van der Waals surface area (Å²) in [5, 5.41) is 4.27. The summed E-state index contributed by atoms with van der Waals surface area (Å²) >= 11 is 3.55. The smallest absolute Gasteiger partial charge is 0.129 e. The Kier molecular flexibility index (Phi) is 4.06. The fraction of sp³-hybridized carbons (Fsp3) is 0.118.